The summed E-state index contributed by atoms with van der Waals surface area (Å²) in [4.78, 5) is 8.40. The molecule has 0 aliphatic carbocycles. The normalized spacial score (nSPS) is 13.0. The largest absolute Gasteiger partial charge is 0.367 e. The van der Waals surface area contributed by atoms with Crippen molar-refractivity contribution in [3.8, 4) is 0 Å². The molecule has 0 saturated carbocycles. The highest BCUT2D eigenvalue weighted by Gasteiger charge is 2.16. The summed E-state index contributed by atoms with van der Waals surface area (Å²) in [5.74, 6) is 0.909. The van der Waals surface area contributed by atoms with Crippen molar-refractivity contribution in [3.05, 3.63) is 58.4 Å². The van der Waals surface area contributed by atoms with Crippen molar-refractivity contribution in [1.82, 2.24) is 19.5 Å². The third-order valence-corrected chi connectivity index (χ3v) is 5.36. The first-order valence-electron chi connectivity index (χ1n) is 8.32. The SMILES string of the molecule is Cc1cc2nc(NCC(c3cccs3)N(C)C)c3ccccc3n2n1. The lowest BCUT2D eigenvalue weighted by Crippen LogP contribution is -2.26. The standard InChI is InChI=1S/C19H21N5S/c1-13-11-18-21-19(14-7-4-5-8-15(14)24(18)22-13)20-12-16(23(2)3)17-9-6-10-25-17/h4-11,16H,12H2,1-3H3,(H,20,21). The number of para-hydroxylation sites is 1. The van der Waals surface area contributed by atoms with E-state index in [1.54, 1.807) is 11.3 Å². The van der Waals surface area contributed by atoms with Crippen LogP contribution in [0.5, 0.6) is 0 Å². The number of nitrogens with one attached hydrogen (secondary N) is 1. The summed E-state index contributed by atoms with van der Waals surface area (Å²) in [6.07, 6.45) is 0. The average Bonchev–Trinajstić information content (AvgIpc) is 3.24. The van der Waals surface area contributed by atoms with Crippen LogP contribution in [0.2, 0.25) is 0 Å². The number of benzene rings is 1. The summed E-state index contributed by atoms with van der Waals surface area (Å²) in [6, 6.07) is 14.9. The second kappa shape index (κ2) is 6.46. The van der Waals surface area contributed by atoms with Crippen LogP contribution < -0.4 is 5.32 Å². The van der Waals surface area contributed by atoms with Gasteiger partial charge in [0.2, 0.25) is 0 Å². The Morgan fingerprint density at radius 1 is 1.20 bits per heavy atom. The summed E-state index contributed by atoms with van der Waals surface area (Å²) in [5, 5.41) is 11.3. The molecule has 0 saturated heterocycles. The van der Waals surface area contributed by atoms with E-state index in [2.05, 4.69) is 59.1 Å². The van der Waals surface area contributed by atoms with Crippen molar-refractivity contribution < 1.29 is 0 Å². The Kier molecular flexibility index (Phi) is 4.15. The van der Waals surface area contributed by atoms with Gasteiger partial charge in [0.1, 0.15) is 5.82 Å². The quantitative estimate of drug-likeness (QED) is 0.591. The molecule has 0 amide bonds. The van der Waals surface area contributed by atoms with Crippen molar-refractivity contribution >= 4 is 33.7 Å². The molecule has 0 radical (unpaired) electrons. The molecule has 1 unspecified atom stereocenters. The van der Waals surface area contributed by atoms with Crippen LogP contribution in [-0.4, -0.2) is 40.1 Å². The van der Waals surface area contributed by atoms with E-state index < -0.39 is 0 Å². The molecule has 0 aliphatic heterocycles. The van der Waals surface area contributed by atoms with Crippen LogP contribution in [0.15, 0.2) is 47.8 Å². The fraction of sp³-hybridized carbons (Fsp3) is 0.263. The van der Waals surface area contributed by atoms with Gasteiger partial charge in [-0.05, 0) is 44.6 Å². The molecular weight excluding hydrogens is 330 g/mol. The van der Waals surface area contributed by atoms with E-state index in [1.165, 1.54) is 4.88 Å². The first-order valence-corrected chi connectivity index (χ1v) is 9.20. The fourth-order valence-electron chi connectivity index (χ4n) is 3.12. The summed E-state index contributed by atoms with van der Waals surface area (Å²) >= 11 is 1.79. The van der Waals surface area contributed by atoms with Gasteiger partial charge in [-0.3, -0.25) is 0 Å². The Balaban J connectivity index is 1.73. The number of aryl methyl sites for hydroxylation is 1. The second-order valence-electron chi connectivity index (χ2n) is 6.41. The average molecular weight is 351 g/mol. The van der Waals surface area contributed by atoms with Crippen LogP contribution in [-0.2, 0) is 0 Å². The lowest BCUT2D eigenvalue weighted by atomic mass is 10.2. The van der Waals surface area contributed by atoms with E-state index in [0.717, 1.165) is 34.6 Å². The molecule has 1 aromatic carbocycles. The maximum Gasteiger partial charge on any atom is 0.158 e. The highest BCUT2D eigenvalue weighted by molar-refractivity contribution is 7.10. The van der Waals surface area contributed by atoms with Gasteiger partial charge in [-0.1, -0.05) is 18.2 Å². The monoisotopic (exact) mass is 351 g/mol. The van der Waals surface area contributed by atoms with Gasteiger partial charge in [-0.2, -0.15) is 5.10 Å². The molecule has 3 heterocycles. The maximum atomic E-state index is 4.81. The molecule has 1 atom stereocenters. The minimum absolute atomic E-state index is 0.309. The predicted molar refractivity (Wildman–Crippen MR) is 104 cm³/mol. The van der Waals surface area contributed by atoms with Crippen molar-refractivity contribution in [1.29, 1.82) is 0 Å². The van der Waals surface area contributed by atoms with Crippen LogP contribution in [0, 0.1) is 6.92 Å². The molecule has 6 heteroatoms. The lowest BCUT2D eigenvalue weighted by molar-refractivity contribution is 0.316. The van der Waals surface area contributed by atoms with Gasteiger partial charge in [-0.25, -0.2) is 9.50 Å². The molecule has 0 spiro atoms. The number of thiophene rings is 1. The Bertz CT molecular complexity index is 1000. The molecule has 0 aliphatic rings. The van der Waals surface area contributed by atoms with E-state index in [4.69, 9.17) is 4.98 Å². The van der Waals surface area contributed by atoms with E-state index in [1.807, 2.05) is 29.6 Å². The van der Waals surface area contributed by atoms with Crippen LogP contribution in [0.1, 0.15) is 16.6 Å². The highest BCUT2D eigenvalue weighted by atomic mass is 32.1. The Morgan fingerprint density at radius 3 is 2.80 bits per heavy atom. The van der Waals surface area contributed by atoms with E-state index in [-0.39, 0.29) is 0 Å². The first kappa shape index (κ1) is 16.1. The number of anilines is 1. The summed E-state index contributed by atoms with van der Waals surface area (Å²) < 4.78 is 1.92. The summed E-state index contributed by atoms with van der Waals surface area (Å²) in [6.45, 7) is 2.79. The van der Waals surface area contributed by atoms with Gasteiger partial charge < -0.3 is 10.2 Å². The number of hydrogen-bond donors (Lipinski definition) is 1. The number of nitrogens with zero attached hydrogens (tertiary/aromatic N) is 4. The Morgan fingerprint density at radius 2 is 2.04 bits per heavy atom. The summed E-state index contributed by atoms with van der Waals surface area (Å²) in [5.41, 5.74) is 2.91. The number of rotatable bonds is 5. The van der Waals surface area contributed by atoms with Gasteiger partial charge in [-0.15, -0.1) is 11.3 Å². The molecule has 25 heavy (non-hydrogen) atoms. The molecule has 128 valence electrons. The van der Waals surface area contributed by atoms with Crippen molar-refractivity contribution in [2.45, 2.75) is 13.0 Å². The van der Waals surface area contributed by atoms with Crippen molar-refractivity contribution in [2.24, 2.45) is 0 Å². The van der Waals surface area contributed by atoms with Gasteiger partial charge >= 0.3 is 0 Å². The molecule has 5 nitrogen and oxygen atoms in total. The fourth-order valence-corrected chi connectivity index (χ4v) is 4.05. The number of hydrogen-bond acceptors (Lipinski definition) is 5. The van der Waals surface area contributed by atoms with Gasteiger partial charge in [0.15, 0.2) is 5.65 Å². The lowest BCUT2D eigenvalue weighted by Gasteiger charge is -2.24. The van der Waals surface area contributed by atoms with Gasteiger partial charge in [0, 0.05) is 22.9 Å². The molecule has 1 N–H and O–H groups in total. The second-order valence-corrected chi connectivity index (χ2v) is 7.39. The molecule has 4 aromatic rings. The minimum atomic E-state index is 0.309. The molecule has 0 fully saturated rings. The third-order valence-electron chi connectivity index (χ3n) is 4.38. The maximum absolute atomic E-state index is 4.81. The topological polar surface area (TPSA) is 45.5 Å². The van der Waals surface area contributed by atoms with Gasteiger partial charge in [0.25, 0.3) is 0 Å². The highest BCUT2D eigenvalue weighted by Crippen LogP contribution is 2.27. The predicted octanol–water partition coefficient (Wildman–Crippen LogP) is 3.97. The van der Waals surface area contributed by atoms with Crippen LogP contribution in [0.3, 0.4) is 0 Å². The zero-order valence-electron chi connectivity index (χ0n) is 14.6. The van der Waals surface area contributed by atoms with Gasteiger partial charge in [0.05, 0.1) is 17.3 Å². The van der Waals surface area contributed by atoms with Crippen molar-refractivity contribution in [3.63, 3.8) is 0 Å². The Labute approximate surface area is 150 Å². The van der Waals surface area contributed by atoms with Crippen LogP contribution >= 0.6 is 11.3 Å². The molecule has 3 aromatic heterocycles. The van der Waals surface area contributed by atoms with Crippen LogP contribution in [0.25, 0.3) is 16.6 Å². The Hall–Kier alpha value is -2.44. The zero-order valence-corrected chi connectivity index (χ0v) is 15.4. The number of likely N-dealkylation sites (N-methyl/N-ethyl adjacent to an activating group) is 1. The summed E-state index contributed by atoms with van der Waals surface area (Å²) in [7, 11) is 4.22. The zero-order chi connectivity index (χ0) is 17.4. The van der Waals surface area contributed by atoms with E-state index in [9.17, 15) is 0 Å². The molecular formula is C19H21N5S. The molecule has 4 rings (SSSR count). The third kappa shape index (κ3) is 2.99. The number of fused-ring (bicyclic) bond motifs is 3. The van der Waals surface area contributed by atoms with E-state index in [0.29, 0.717) is 6.04 Å². The van der Waals surface area contributed by atoms with E-state index >= 15 is 0 Å². The minimum Gasteiger partial charge on any atom is -0.367 e. The number of aromatic nitrogens is 3. The first-order chi connectivity index (χ1) is 12.1. The molecule has 0 bridgehead atoms. The smallest absolute Gasteiger partial charge is 0.158 e. The van der Waals surface area contributed by atoms with Crippen molar-refractivity contribution in [2.75, 3.05) is 26.0 Å². The van der Waals surface area contributed by atoms with Crippen LogP contribution in [0.4, 0.5) is 5.82 Å².